The van der Waals surface area contributed by atoms with E-state index in [9.17, 15) is 14.0 Å². The van der Waals surface area contributed by atoms with Crippen LogP contribution in [0, 0.1) is 17.7 Å². The van der Waals surface area contributed by atoms with E-state index in [4.69, 9.17) is 4.74 Å². The van der Waals surface area contributed by atoms with Crippen molar-refractivity contribution in [1.82, 2.24) is 10.0 Å². The second kappa shape index (κ2) is 10.8. The fourth-order valence-corrected chi connectivity index (χ4v) is 3.87. The number of carbonyl (C=O) groups is 2. The van der Waals surface area contributed by atoms with Crippen molar-refractivity contribution in [2.75, 3.05) is 12.4 Å². The fraction of sp³-hybridized carbons (Fsp3) is 0.545. The number of rotatable bonds is 11. The highest BCUT2D eigenvalue weighted by Gasteiger charge is 2.25. The summed E-state index contributed by atoms with van der Waals surface area (Å²) in [6.45, 7) is 2.64. The molecule has 5 nitrogen and oxygen atoms in total. The van der Waals surface area contributed by atoms with Gasteiger partial charge in [-0.15, -0.1) is 0 Å². The second-order valence-electron chi connectivity index (χ2n) is 7.78. The molecule has 1 aromatic carbocycles. The molecule has 1 aliphatic carbocycles. The van der Waals surface area contributed by atoms with Gasteiger partial charge in [0.2, 0.25) is 11.8 Å². The largest absolute Gasteiger partial charge is 0.490 e. The van der Waals surface area contributed by atoms with Crippen molar-refractivity contribution in [3.63, 3.8) is 0 Å². The van der Waals surface area contributed by atoms with Gasteiger partial charge < -0.3 is 4.74 Å². The number of halogens is 1. The third-order valence-corrected chi connectivity index (χ3v) is 6.17. The number of hydrogen-bond acceptors (Lipinski definition) is 5. The minimum absolute atomic E-state index is 0.0799. The topological polar surface area (TPSA) is 67.4 Å². The molecule has 1 aliphatic heterocycles. The minimum Gasteiger partial charge on any atom is -0.490 e. The number of nitrogens with one attached hydrogen (secondary N) is 2. The van der Waals surface area contributed by atoms with Crippen molar-refractivity contribution in [1.29, 1.82) is 0 Å². The van der Waals surface area contributed by atoms with Gasteiger partial charge >= 0.3 is 0 Å². The molecule has 0 radical (unpaired) electrons. The van der Waals surface area contributed by atoms with Crippen LogP contribution in [0.15, 0.2) is 30.4 Å². The van der Waals surface area contributed by atoms with Gasteiger partial charge in [-0.1, -0.05) is 30.2 Å². The Morgan fingerprint density at radius 1 is 1.31 bits per heavy atom. The molecule has 29 heavy (non-hydrogen) atoms. The number of benzene rings is 1. The molecule has 2 unspecified atom stereocenters. The highest BCUT2D eigenvalue weighted by atomic mass is 32.2. The van der Waals surface area contributed by atoms with Gasteiger partial charge in [0.25, 0.3) is 0 Å². The van der Waals surface area contributed by atoms with E-state index in [1.807, 2.05) is 13.0 Å². The third-order valence-electron chi connectivity index (χ3n) is 5.21. The molecule has 3 rings (SSSR count). The maximum absolute atomic E-state index is 13.9. The molecule has 2 atom stereocenters. The molecule has 2 aliphatic rings. The van der Waals surface area contributed by atoms with Gasteiger partial charge in [0, 0.05) is 24.1 Å². The van der Waals surface area contributed by atoms with Crippen LogP contribution in [0.25, 0.3) is 0 Å². The summed E-state index contributed by atoms with van der Waals surface area (Å²) in [4.78, 5) is 22.8. The number of piperidine rings is 1. The molecule has 158 valence electrons. The van der Waals surface area contributed by atoms with E-state index < -0.39 is 0 Å². The zero-order valence-corrected chi connectivity index (χ0v) is 17.6. The lowest BCUT2D eigenvalue weighted by Gasteiger charge is -2.19. The predicted molar refractivity (Wildman–Crippen MR) is 113 cm³/mol. The highest BCUT2D eigenvalue weighted by Crippen LogP contribution is 2.31. The Morgan fingerprint density at radius 3 is 2.90 bits per heavy atom. The zero-order chi connectivity index (χ0) is 20.6. The molecule has 0 spiro atoms. The molecule has 0 bridgehead atoms. The molecule has 7 heteroatoms. The van der Waals surface area contributed by atoms with Gasteiger partial charge in [-0.05, 0) is 62.6 Å². The van der Waals surface area contributed by atoms with Crippen molar-refractivity contribution in [3.8, 4) is 5.75 Å². The lowest BCUT2D eigenvalue weighted by Crippen LogP contribution is -2.40. The Kier molecular flexibility index (Phi) is 8.12. The first-order valence-electron chi connectivity index (χ1n) is 10.3. The van der Waals surface area contributed by atoms with E-state index >= 15 is 0 Å². The smallest absolute Gasteiger partial charge is 0.229 e. The molecule has 2 N–H and O–H groups in total. The number of carbonyl (C=O) groups excluding carboxylic acids is 2. The van der Waals surface area contributed by atoms with Crippen molar-refractivity contribution in [3.05, 3.63) is 41.7 Å². The standard InChI is InChI=1S/C22H29FN2O3S/c1-15(18-8-10-19(23)20(13-18)28-14-16-6-7-16)25-29-12-4-2-3-5-17-9-11-21(26)24-22(17)27/h2-3,8,10,13,15-17,25H,4-7,9,11-12,14H2,1H3,(H,24,26,27)/b3-2+. The Bertz CT molecular complexity index is 752. The number of allylic oxidation sites excluding steroid dienone is 2. The first kappa shape index (κ1) is 21.8. The van der Waals surface area contributed by atoms with E-state index in [0.29, 0.717) is 37.5 Å². The second-order valence-corrected chi connectivity index (χ2v) is 8.71. The molecule has 0 aromatic heterocycles. The Labute approximate surface area is 176 Å². The Morgan fingerprint density at radius 2 is 2.14 bits per heavy atom. The molecule has 2 fully saturated rings. The lowest BCUT2D eigenvalue weighted by atomic mass is 9.95. The first-order valence-corrected chi connectivity index (χ1v) is 11.3. The summed E-state index contributed by atoms with van der Waals surface area (Å²) in [5.74, 6) is 1.09. The SMILES string of the molecule is CC(NSCC/C=C/CC1CCC(=O)NC1=O)c1ccc(F)c(OCC2CC2)c1. The monoisotopic (exact) mass is 420 g/mol. The molecule has 1 saturated heterocycles. The van der Waals surface area contributed by atoms with Gasteiger partial charge in [-0.3, -0.25) is 19.6 Å². The maximum Gasteiger partial charge on any atom is 0.229 e. The van der Waals surface area contributed by atoms with Crippen molar-refractivity contribution in [2.45, 2.75) is 51.5 Å². The van der Waals surface area contributed by atoms with Gasteiger partial charge in [-0.25, -0.2) is 4.39 Å². The van der Waals surface area contributed by atoms with Crippen LogP contribution in [0.2, 0.25) is 0 Å². The van der Waals surface area contributed by atoms with Gasteiger partial charge in [-0.2, -0.15) is 0 Å². The van der Waals surface area contributed by atoms with Crippen LogP contribution >= 0.6 is 11.9 Å². The van der Waals surface area contributed by atoms with E-state index in [1.54, 1.807) is 24.1 Å². The Balaban J connectivity index is 1.33. The summed E-state index contributed by atoms with van der Waals surface area (Å²) in [6.07, 6.45) is 9.07. The molecular formula is C22H29FN2O3S. The van der Waals surface area contributed by atoms with Crippen LogP contribution in [-0.4, -0.2) is 24.2 Å². The van der Waals surface area contributed by atoms with Crippen molar-refractivity contribution >= 4 is 23.8 Å². The van der Waals surface area contributed by atoms with Crippen LogP contribution < -0.4 is 14.8 Å². The highest BCUT2D eigenvalue weighted by molar-refractivity contribution is 7.97. The number of ether oxygens (including phenoxy) is 1. The molecule has 2 amide bonds. The summed E-state index contributed by atoms with van der Waals surface area (Å²) in [7, 11) is 0. The van der Waals surface area contributed by atoms with Gasteiger partial charge in [0.1, 0.15) is 0 Å². The summed E-state index contributed by atoms with van der Waals surface area (Å²) < 4.78 is 22.9. The van der Waals surface area contributed by atoms with E-state index in [0.717, 1.165) is 17.7 Å². The van der Waals surface area contributed by atoms with E-state index in [1.165, 1.54) is 18.9 Å². The van der Waals surface area contributed by atoms with Crippen LogP contribution in [0.1, 0.15) is 57.1 Å². The van der Waals surface area contributed by atoms with Gasteiger partial charge in [0.05, 0.1) is 6.61 Å². The number of amides is 2. The number of hydrogen-bond donors (Lipinski definition) is 2. The summed E-state index contributed by atoms with van der Waals surface area (Å²) >= 11 is 1.62. The maximum atomic E-state index is 13.9. The van der Waals surface area contributed by atoms with Crippen LogP contribution in [0.5, 0.6) is 5.75 Å². The number of imide groups is 1. The molecule has 1 saturated carbocycles. The van der Waals surface area contributed by atoms with E-state index in [-0.39, 0.29) is 29.6 Å². The normalized spacial score (nSPS) is 20.7. The molecule has 1 heterocycles. The average Bonchev–Trinajstić information content (AvgIpc) is 3.52. The summed E-state index contributed by atoms with van der Waals surface area (Å²) in [5, 5.41) is 2.38. The van der Waals surface area contributed by atoms with Gasteiger partial charge in [0.15, 0.2) is 11.6 Å². The van der Waals surface area contributed by atoms with Crippen LogP contribution in [0.3, 0.4) is 0 Å². The van der Waals surface area contributed by atoms with Crippen LogP contribution in [0.4, 0.5) is 4.39 Å². The van der Waals surface area contributed by atoms with E-state index in [2.05, 4.69) is 16.1 Å². The first-order chi connectivity index (χ1) is 14.0. The molecular weight excluding hydrogens is 391 g/mol. The third kappa shape index (κ3) is 7.16. The quantitative estimate of drug-likeness (QED) is 0.242. The minimum atomic E-state index is -0.310. The van der Waals surface area contributed by atoms with Crippen molar-refractivity contribution in [2.24, 2.45) is 11.8 Å². The Hall–Kier alpha value is -1.86. The zero-order valence-electron chi connectivity index (χ0n) is 16.8. The summed E-state index contributed by atoms with van der Waals surface area (Å²) in [6, 6.07) is 5.13. The summed E-state index contributed by atoms with van der Waals surface area (Å²) in [5.41, 5.74) is 0.998. The average molecular weight is 421 g/mol. The predicted octanol–water partition coefficient (Wildman–Crippen LogP) is 4.30. The lowest BCUT2D eigenvalue weighted by molar-refractivity contribution is -0.136. The molecule has 1 aromatic rings. The van der Waals surface area contributed by atoms with Crippen LogP contribution in [-0.2, 0) is 9.59 Å². The fourth-order valence-electron chi connectivity index (χ4n) is 3.11. The van der Waals surface area contributed by atoms with Crippen molar-refractivity contribution < 1.29 is 18.7 Å².